The van der Waals surface area contributed by atoms with E-state index in [1.807, 2.05) is 6.07 Å². The van der Waals surface area contributed by atoms with Crippen LogP contribution in [-0.2, 0) is 10.2 Å². The standard InChI is InChI=1S/C18H17NO/c1-18(2)15-6-4-3-5-13(15)14-9-7-12(11-16(14)18)8-10-17(19)20/h3-11H,1-2H3,(H2,19,20). The Hall–Kier alpha value is -2.35. The molecule has 0 atom stereocenters. The molecule has 0 saturated carbocycles. The van der Waals surface area contributed by atoms with Gasteiger partial charge in [0.2, 0.25) is 5.91 Å². The van der Waals surface area contributed by atoms with Crippen molar-refractivity contribution in [3.63, 3.8) is 0 Å². The van der Waals surface area contributed by atoms with Crippen LogP contribution < -0.4 is 5.73 Å². The number of carbonyl (C=O) groups excluding carboxylic acids is 1. The first-order chi connectivity index (χ1) is 9.50. The van der Waals surface area contributed by atoms with Crippen LogP contribution in [0.25, 0.3) is 17.2 Å². The summed E-state index contributed by atoms with van der Waals surface area (Å²) in [4.78, 5) is 10.8. The summed E-state index contributed by atoms with van der Waals surface area (Å²) >= 11 is 0. The second-order valence-electron chi connectivity index (χ2n) is 5.71. The molecule has 2 aromatic carbocycles. The Morgan fingerprint density at radius 2 is 1.75 bits per heavy atom. The molecule has 3 rings (SSSR count). The van der Waals surface area contributed by atoms with E-state index >= 15 is 0 Å². The predicted molar refractivity (Wildman–Crippen MR) is 82.2 cm³/mol. The molecule has 1 amide bonds. The SMILES string of the molecule is CC1(C)c2ccccc2-c2ccc(C=CC(N)=O)cc21. The number of benzene rings is 2. The summed E-state index contributed by atoms with van der Waals surface area (Å²) in [6, 6.07) is 14.8. The summed E-state index contributed by atoms with van der Waals surface area (Å²) in [5.74, 6) is -0.423. The molecule has 0 unspecified atom stereocenters. The molecule has 0 fully saturated rings. The molecule has 0 radical (unpaired) electrons. The summed E-state index contributed by atoms with van der Waals surface area (Å²) in [5.41, 5.74) is 11.4. The number of amides is 1. The van der Waals surface area contributed by atoms with Gasteiger partial charge in [0.1, 0.15) is 0 Å². The normalized spacial score (nSPS) is 15.1. The van der Waals surface area contributed by atoms with Gasteiger partial charge < -0.3 is 5.73 Å². The van der Waals surface area contributed by atoms with Crippen LogP contribution in [-0.4, -0.2) is 5.91 Å². The van der Waals surface area contributed by atoms with Crippen LogP contribution in [0.1, 0.15) is 30.5 Å². The van der Waals surface area contributed by atoms with E-state index in [0.29, 0.717) is 0 Å². The minimum atomic E-state index is -0.423. The van der Waals surface area contributed by atoms with E-state index in [1.165, 1.54) is 28.3 Å². The lowest BCUT2D eigenvalue weighted by Gasteiger charge is -2.21. The fourth-order valence-corrected chi connectivity index (χ4v) is 3.00. The monoisotopic (exact) mass is 263 g/mol. The van der Waals surface area contributed by atoms with Crippen molar-refractivity contribution in [1.82, 2.24) is 0 Å². The average molecular weight is 263 g/mol. The average Bonchev–Trinajstić information content (AvgIpc) is 2.66. The van der Waals surface area contributed by atoms with E-state index in [0.717, 1.165) is 5.56 Å². The van der Waals surface area contributed by atoms with E-state index in [2.05, 4.69) is 50.2 Å². The van der Waals surface area contributed by atoms with Gasteiger partial charge in [-0.1, -0.05) is 56.3 Å². The molecule has 0 heterocycles. The smallest absolute Gasteiger partial charge is 0.241 e. The Balaban J connectivity index is 2.15. The highest BCUT2D eigenvalue weighted by Gasteiger charge is 2.34. The van der Waals surface area contributed by atoms with Gasteiger partial charge in [0.25, 0.3) is 0 Å². The Labute approximate surface area is 118 Å². The van der Waals surface area contributed by atoms with Crippen molar-refractivity contribution in [2.75, 3.05) is 0 Å². The molecule has 2 heteroatoms. The molecule has 0 saturated heterocycles. The molecule has 1 aliphatic carbocycles. The van der Waals surface area contributed by atoms with Gasteiger partial charge in [-0.15, -0.1) is 0 Å². The maximum atomic E-state index is 10.8. The van der Waals surface area contributed by atoms with Crippen LogP contribution in [0.15, 0.2) is 48.5 Å². The van der Waals surface area contributed by atoms with E-state index < -0.39 is 5.91 Å². The molecule has 0 bridgehead atoms. The summed E-state index contributed by atoms with van der Waals surface area (Å²) in [7, 11) is 0. The van der Waals surface area contributed by atoms with E-state index in [-0.39, 0.29) is 5.41 Å². The zero-order valence-corrected chi connectivity index (χ0v) is 11.7. The van der Waals surface area contributed by atoms with E-state index in [1.54, 1.807) is 6.08 Å². The summed E-state index contributed by atoms with van der Waals surface area (Å²) in [6.45, 7) is 4.47. The molecule has 2 nitrogen and oxygen atoms in total. The summed E-state index contributed by atoms with van der Waals surface area (Å²) in [6.07, 6.45) is 3.17. The van der Waals surface area contributed by atoms with Gasteiger partial charge in [-0.2, -0.15) is 0 Å². The molecule has 0 aliphatic heterocycles. The Kier molecular flexibility index (Phi) is 2.75. The number of carbonyl (C=O) groups is 1. The van der Waals surface area contributed by atoms with Crippen LogP contribution in [0.5, 0.6) is 0 Å². The predicted octanol–water partition coefficient (Wildman–Crippen LogP) is 3.49. The molecule has 2 N–H and O–H groups in total. The fraction of sp³-hybridized carbons (Fsp3) is 0.167. The van der Waals surface area contributed by atoms with Crippen molar-refractivity contribution in [2.45, 2.75) is 19.3 Å². The van der Waals surface area contributed by atoms with Crippen LogP contribution >= 0.6 is 0 Å². The third kappa shape index (κ3) is 1.85. The molecular weight excluding hydrogens is 246 g/mol. The van der Waals surface area contributed by atoms with E-state index in [9.17, 15) is 4.79 Å². The highest BCUT2D eigenvalue weighted by molar-refractivity contribution is 5.90. The van der Waals surface area contributed by atoms with Gasteiger partial charge in [0.15, 0.2) is 0 Å². The fourth-order valence-electron chi connectivity index (χ4n) is 3.00. The highest BCUT2D eigenvalue weighted by Crippen LogP contribution is 2.48. The lowest BCUT2D eigenvalue weighted by Crippen LogP contribution is -2.14. The van der Waals surface area contributed by atoms with Crippen molar-refractivity contribution in [2.24, 2.45) is 5.73 Å². The number of fused-ring (bicyclic) bond motifs is 3. The van der Waals surface area contributed by atoms with Crippen molar-refractivity contribution in [1.29, 1.82) is 0 Å². The maximum absolute atomic E-state index is 10.8. The molecule has 2 aromatic rings. The quantitative estimate of drug-likeness (QED) is 0.828. The largest absolute Gasteiger partial charge is 0.366 e. The van der Waals surface area contributed by atoms with Crippen molar-refractivity contribution >= 4 is 12.0 Å². The molecule has 20 heavy (non-hydrogen) atoms. The first kappa shape index (κ1) is 12.7. The van der Waals surface area contributed by atoms with Gasteiger partial charge in [-0.25, -0.2) is 0 Å². The summed E-state index contributed by atoms with van der Waals surface area (Å²) in [5, 5.41) is 0. The van der Waals surface area contributed by atoms with Crippen LogP contribution in [0.4, 0.5) is 0 Å². The number of nitrogens with two attached hydrogens (primary N) is 1. The van der Waals surface area contributed by atoms with Gasteiger partial charge in [0, 0.05) is 11.5 Å². The first-order valence-corrected chi connectivity index (χ1v) is 6.72. The minimum Gasteiger partial charge on any atom is -0.366 e. The molecular formula is C18H17NO. The highest BCUT2D eigenvalue weighted by atomic mass is 16.1. The third-order valence-corrected chi connectivity index (χ3v) is 4.05. The Bertz CT molecular complexity index is 726. The Morgan fingerprint density at radius 1 is 1.05 bits per heavy atom. The topological polar surface area (TPSA) is 43.1 Å². The van der Waals surface area contributed by atoms with E-state index in [4.69, 9.17) is 5.73 Å². The third-order valence-electron chi connectivity index (χ3n) is 4.05. The van der Waals surface area contributed by atoms with Gasteiger partial charge in [0.05, 0.1) is 0 Å². The molecule has 0 spiro atoms. The minimum absolute atomic E-state index is 0.0114. The second-order valence-corrected chi connectivity index (χ2v) is 5.71. The zero-order chi connectivity index (χ0) is 14.3. The molecule has 0 aromatic heterocycles. The van der Waals surface area contributed by atoms with Crippen LogP contribution in [0.3, 0.4) is 0 Å². The second kappa shape index (κ2) is 4.34. The maximum Gasteiger partial charge on any atom is 0.241 e. The molecule has 1 aliphatic rings. The first-order valence-electron chi connectivity index (χ1n) is 6.72. The Morgan fingerprint density at radius 3 is 2.50 bits per heavy atom. The number of rotatable bonds is 2. The van der Waals surface area contributed by atoms with Crippen LogP contribution in [0, 0.1) is 0 Å². The van der Waals surface area contributed by atoms with Gasteiger partial charge in [-0.3, -0.25) is 4.79 Å². The lowest BCUT2D eigenvalue weighted by atomic mass is 9.82. The zero-order valence-electron chi connectivity index (χ0n) is 11.7. The van der Waals surface area contributed by atoms with Gasteiger partial charge >= 0.3 is 0 Å². The van der Waals surface area contributed by atoms with Crippen molar-refractivity contribution < 1.29 is 4.79 Å². The van der Waals surface area contributed by atoms with Gasteiger partial charge in [-0.05, 0) is 33.9 Å². The number of hydrogen-bond acceptors (Lipinski definition) is 1. The summed E-state index contributed by atoms with van der Waals surface area (Å²) < 4.78 is 0. The van der Waals surface area contributed by atoms with Crippen molar-refractivity contribution in [3.8, 4) is 11.1 Å². The number of hydrogen-bond donors (Lipinski definition) is 1. The number of primary amides is 1. The van der Waals surface area contributed by atoms with Crippen LogP contribution in [0.2, 0.25) is 0 Å². The lowest BCUT2D eigenvalue weighted by molar-refractivity contribution is -0.113. The molecule has 100 valence electrons. The van der Waals surface area contributed by atoms with Crippen molar-refractivity contribution in [3.05, 3.63) is 65.2 Å².